The number of rotatable bonds is 3. The van der Waals surface area contributed by atoms with Crippen LogP contribution in [0.25, 0.3) is 22.5 Å². The first kappa shape index (κ1) is 16.3. The van der Waals surface area contributed by atoms with E-state index in [4.69, 9.17) is 16.0 Å². The number of aromatic nitrogens is 5. The quantitative estimate of drug-likeness (QED) is 0.548. The van der Waals surface area contributed by atoms with Crippen molar-refractivity contribution in [3.8, 4) is 11.3 Å². The van der Waals surface area contributed by atoms with Crippen LogP contribution in [0.15, 0.2) is 50.8 Å². The zero-order valence-electron chi connectivity index (χ0n) is 14.0. The van der Waals surface area contributed by atoms with Gasteiger partial charge in [0.05, 0.1) is 12.5 Å². The lowest BCUT2D eigenvalue weighted by molar-refractivity contribution is 0.491. The van der Waals surface area contributed by atoms with Crippen molar-refractivity contribution in [1.82, 2.24) is 23.7 Å². The molecular weight excluding hydrogens is 358 g/mol. The molecule has 0 aliphatic carbocycles. The highest BCUT2D eigenvalue weighted by Crippen LogP contribution is 2.23. The Kier molecular flexibility index (Phi) is 3.77. The van der Waals surface area contributed by atoms with Crippen LogP contribution in [0.3, 0.4) is 0 Å². The van der Waals surface area contributed by atoms with Gasteiger partial charge in [-0.25, -0.2) is 14.8 Å². The standard InChI is InChI=1S/C17H14ClN5O3/c1-21-15-14(16(24)22(2)17(21)25)23(9-20-15)8-13-19-7-12(26-13)10-4-3-5-11(18)6-10/h3-7,9H,8H2,1-2H3. The van der Waals surface area contributed by atoms with E-state index in [-0.39, 0.29) is 6.54 Å². The normalized spacial score (nSPS) is 11.3. The third-order valence-electron chi connectivity index (χ3n) is 4.19. The molecule has 3 aromatic heterocycles. The van der Waals surface area contributed by atoms with Gasteiger partial charge in [-0.15, -0.1) is 0 Å². The second kappa shape index (κ2) is 5.99. The van der Waals surface area contributed by atoms with Gasteiger partial charge in [-0.3, -0.25) is 13.9 Å². The Morgan fingerprint density at radius 3 is 2.73 bits per heavy atom. The van der Waals surface area contributed by atoms with Crippen LogP contribution < -0.4 is 11.2 Å². The Morgan fingerprint density at radius 2 is 1.96 bits per heavy atom. The SMILES string of the molecule is Cn1c(=O)c2c(ncn2Cc2ncc(-c3cccc(Cl)c3)o2)n(C)c1=O. The highest BCUT2D eigenvalue weighted by Gasteiger charge is 2.16. The average Bonchev–Trinajstić information content (AvgIpc) is 3.26. The summed E-state index contributed by atoms with van der Waals surface area (Å²) in [4.78, 5) is 32.9. The molecule has 132 valence electrons. The first-order valence-corrected chi connectivity index (χ1v) is 8.15. The number of nitrogens with zero attached hydrogens (tertiary/aromatic N) is 5. The van der Waals surface area contributed by atoms with Crippen LogP contribution in [0.1, 0.15) is 5.89 Å². The lowest BCUT2D eigenvalue weighted by Crippen LogP contribution is -2.37. The molecule has 0 bridgehead atoms. The molecule has 4 aromatic rings. The maximum absolute atomic E-state index is 12.5. The molecule has 0 amide bonds. The summed E-state index contributed by atoms with van der Waals surface area (Å²) in [5.74, 6) is 0.988. The van der Waals surface area contributed by atoms with E-state index in [1.54, 1.807) is 29.9 Å². The fourth-order valence-electron chi connectivity index (χ4n) is 2.82. The number of aryl methyl sites for hydroxylation is 1. The van der Waals surface area contributed by atoms with Crippen LogP contribution in [-0.4, -0.2) is 23.7 Å². The minimum Gasteiger partial charge on any atom is -0.439 e. The summed E-state index contributed by atoms with van der Waals surface area (Å²) >= 11 is 6.00. The average molecular weight is 372 g/mol. The molecular formula is C17H14ClN5O3. The van der Waals surface area contributed by atoms with Crippen molar-refractivity contribution in [2.75, 3.05) is 0 Å². The van der Waals surface area contributed by atoms with E-state index >= 15 is 0 Å². The minimum atomic E-state index is -0.424. The highest BCUT2D eigenvalue weighted by atomic mass is 35.5. The van der Waals surface area contributed by atoms with Crippen LogP contribution >= 0.6 is 11.6 Å². The molecule has 8 nitrogen and oxygen atoms in total. The minimum absolute atomic E-state index is 0.213. The van der Waals surface area contributed by atoms with Gasteiger partial charge in [0, 0.05) is 24.7 Å². The fraction of sp³-hybridized carbons (Fsp3) is 0.176. The molecule has 0 saturated carbocycles. The van der Waals surface area contributed by atoms with Gasteiger partial charge >= 0.3 is 5.69 Å². The van der Waals surface area contributed by atoms with Crippen LogP contribution in [-0.2, 0) is 20.6 Å². The van der Waals surface area contributed by atoms with Crippen LogP contribution in [0.2, 0.25) is 5.02 Å². The Balaban J connectivity index is 1.75. The summed E-state index contributed by atoms with van der Waals surface area (Å²) in [6, 6.07) is 7.26. The number of imidazole rings is 1. The van der Waals surface area contributed by atoms with E-state index in [0.717, 1.165) is 10.1 Å². The van der Waals surface area contributed by atoms with Crippen molar-refractivity contribution in [1.29, 1.82) is 0 Å². The van der Waals surface area contributed by atoms with E-state index in [1.807, 2.05) is 12.1 Å². The molecule has 0 saturated heterocycles. The van der Waals surface area contributed by atoms with E-state index in [9.17, 15) is 9.59 Å². The van der Waals surface area contributed by atoms with E-state index < -0.39 is 11.2 Å². The number of oxazole rings is 1. The molecule has 0 radical (unpaired) electrons. The zero-order chi connectivity index (χ0) is 18.4. The molecule has 0 aliphatic rings. The van der Waals surface area contributed by atoms with Gasteiger partial charge in [-0.2, -0.15) is 0 Å². The van der Waals surface area contributed by atoms with Gasteiger partial charge in [0.1, 0.15) is 6.54 Å². The predicted octanol–water partition coefficient (Wildman–Crippen LogP) is 1.79. The van der Waals surface area contributed by atoms with Gasteiger partial charge in [0.15, 0.2) is 16.9 Å². The first-order chi connectivity index (χ1) is 12.5. The Bertz CT molecular complexity index is 1250. The summed E-state index contributed by atoms with van der Waals surface area (Å²) in [5.41, 5.74) is 0.608. The largest absolute Gasteiger partial charge is 0.439 e. The summed E-state index contributed by atoms with van der Waals surface area (Å²) in [5, 5.41) is 0.602. The molecule has 26 heavy (non-hydrogen) atoms. The summed E-state index contributed by atoms with van der Waals surface area (Å²) < 4.78 is 9.77. The molecule has 0 aliphatic heterocycles. The maximum atomic E-state index is 12.5. The second-order valence-electron chi connectivity index (χ2n) is 5.88. The summed E-state index contributed by atoms with van der Waals surface area (Å²) in [7, 11) is 3.01. The van der Waals surface area contributed by atoms with Crippen molar-refractivity contribution >= 4 is 22.8 Å². The predicted molar refractivity (Wildman–Crippen MR) is 96.3 cm³/mol. The molecule has 0 fully saturated rings. The molecule has 0 unspecified atom stereocenters. The molecule has 0 atom stereocenters. The Hall–Kier alpha value is -3.13. The topological polar surface area (TPSA) is 87.8 Å². The van der Waals surface area contributed by atoms with Gasteiger partial charge in [-0.1, -0.05) is 23.7 Å². The van der Waals surface area contributed by atoms with E-state index in [0.29, 0.717) is 27.8 Å². The molecule has 0 spiro atoms. The van der Waals surface area contributed by atoms with Gasteiger partial charge < -0.3 is 8.98 Å². The van der Waals surface area contributed by atoms with Crippen LogP contribution in [0.4, 0.5) is 0 Å². The number of fused-ring (bicyclic) bond motifs is 1. The number of benzene rings is 1. The van der Waals surface area contributed by atoms with Gasteiger partial charge in [0.2, 0.25) is 5.89 Å². The molecule has 1 aromatic carbocycles. The molecule has 9 heteroatoms. The third kappa shape index (κ3) is 2.55. The van der Waals surface area contributed by atoms with Crippen LogP contribution in [0.5, 0.6) is 0 Å². The monoisotopic (exact) mass is 371 g/mol. The van der Waals surface area contributed by atoms with Crippen molar-refractivity contribution in [3.05, 3.63) is 68.5 Å². The maximum Gasteiger partial charge on any atom is 0.332 e. The molecule has 0 N–H and O–H groups in total. The molecule has 3 heterocycles. The van der Waals surface area contributed by atoms with E-state index in [1.165, 1.54) is 17.9 Å². The van der Waals surface area contributed by atoms with E-state index in [2.05, 4.69) is 9.97 Å². The fourth-order valence-corrected chi connectivity index (χ4v) is 3.01. The first-order valence-electron chi connectivity index (χ1n) is 7.77. The van der Waals surface area contributed by atoms with Gasteiger partial charge in [-0.05, 0) is 12.1 Å². The lowest BCUT2D eigenvalue weighted by Gasteiger charge is -2.05. The Labute approximate surface area is 151 Å². The number of hydrogen-bond acceptors (Lipinski definition) is 5. The highest BCUT2D eigenvalue weighted by molar-refractivity contribution is 6.30. The Morgan fingerprint density at radius 1 is 1.15 bits per heavy atom. The smallest absolute Gasteiger partial charge is 0.332 e. The van der Waals surface area contributed by atoms with Crippen molar-refractivity contribution in [2.24, 2.45) is 14.1 Å². The zero-order valence-corrected chi connectivity index (χ0v) is 14.8. The number of hydrogen-bond donors (Lipinski definition) is 0. The molecule has 4 rings (SSSR count). The lowest BCUT2D eigenvalue weighted by atomic mass is 10.2. The van der Waals surface area contributed by atoms with Crippen molar-refractivity contribution < 1.29 is 4.42 Å². The van der Waals surface area contributed by atoms with Crippen molar-refractivity contribution in [3.63, 3.8) is 0 Å². The van der Waals surface area contributed by atoms with Gasteiger partial charge in [0.25, 0.3) is 5.56 Å². The third-order valence-corrected chi connectivity index (χ3v) is 4.42. The summed E-state index contributed by atoms with van der Waals surface area (Å²) in [6.45, 7) is 0.213. The second-order valence-corrected chi connectivity index (χ2v) is 6.32. The van der Waals surface area contributed by atoms with Crippen molar-refractivity contribution in [2.45, 2.75) is 6.54 Å². The summed E-state index contributed by atoms with van der Waals surface area (Å²) in [6.07, 6.45) is 3.10. The number of halogens is 1. The van der Waals surface area contributed by atoms with Crippen LogP contribution in [0, 0.1) is 0 Å².